The highest BCUT2D eigenvalue weighted by Crippen LogP contribution is 2.36. The number of amides is 1. The average molecular weight is 563 g/mol. The Morgan fingerprint density at radius 3 is 2.64 bits per heavy atom. The Morgan fingerprint density at radius 1 is 1.08 bits per heavy atom. The van der Waals surface area contributed by atoms with Gasteiger partial charge in [-0.3, -0.25) is 18.9 Å². The Morgan fingerprint density at radius 2 is 1.86 bits per heavy atom. The van der Waals surface area contributed by atoms with Crippen LogP contribution in [0.4, 0.5) is 0 Å². The second-order valence-electron chi connectivity index (χ2n) is 8.34. The quantitative estimate of drug-likeness (QED) is 0.146. The van der Waals surface area contributed by atoms with Crippen molar-refractivity contribution < 1.29 is 9.53 Å². The van der Waals surface area contributed by atoms with E-state index in [1.54, 1.807) is 47.5 Å². The number of halogens is 2. The predicted molar refractivity (Wildman–Crippen MR) is 151 cm³/mol. The first kappa shape index (κ1) is 26.7. The monoisotopic (exact) mass is 561 g/mol. The fraction of sp³-hybridized carbons (Fsp3) is 0.308. The van der Waals surface area contributed by atoms with E-state index in [4.69, 9.17) is 40.2 Å². The largest absolute Gasteiger partial charge is 0.437 e. The summed E-state index contributed by atoms with van der Waals surface area (Å²) < 4.78 is 7.85. The summed E-state index contributed by atoms with van der Waals surface area (Å²) in [5.74, 6) is 0.113. The van der Waals surface area contributed by atoms with Crippen LogP contribution in [0.2, 0.25) is 10.0 Å². The van der Waals surface area contributed by atoms with E-state index in [1.807, 2.05) is 0 Å². The number of thiocarbonyl (C=S) groups is 1. The predicted octanol–water partition coefficient (Wildman–Crippen LogP) is 7.36. The molecule has 1 amide bonds. The van der Waals surface area contributed by atoms with Gasteiger partial charge in [0.05, 0.1) is 9.93 Å². The topological polar surface area (TPSA) is 63.9 Å². The number of carbonyl (C=O) groups is 1. The first-order valence-corrected chi connectivity index (χ1v) is 13.8. The van der Waals surface area contributed by atoms with Crippen LogP contribution in [0.5, 0.6) is 11.6 Å². The maximum atomic E-state index is 13.4. The zero-order chi connectivity index (χ0) is 25.7. The lowest BCUT2D eigenvalue weighted by molar-refractivity contribution is -0.122. The number of hydrogen-bond donors (Lipinski definition) is 0. The number of hydrogen-bond acceptors (Lipinski definition) is 6. The molecular weight excluding hydrogens is 537 g/mol. The molecule has 3 aromatic rings. The van der Waals surface area contributed by atoms with Gasteiger partial charge in [-0.1, -0.05) is 92.3 Å². The highest BCUT2D eigenvalue weighted by molar-refractivity contribution is 8.26. The van der Waals surface area contributed by atoms with Gasteiger partial charge in [-0.2, -0.15) is 4.98 Å². The minimum absolute atomic E-state index is 0.0385. The summed E-state index contributed by atoms with van der Waals surface area (Å²) in [7, 11) is 0. The van der Waals surface area contributed by atoms with Crippen molar-refractivity contribution in [2.24, 2.45) is 0 Å². The summed E-state index contributed by atoms with van der Waals surface area (Å²) in [6, 6.07) is 9.97. The summed E-state index contributed by atoms with van der Waals surface area (Å²) in [6.07, 6.45) is 9.82. The third-order valence-electron chi connectivity index (χ3n) is 5.72. The van der Waals surface area contributed by atoms with Crippen LogP contribution in [0.15, 0.2) is 52.3 Å². The van der Waals surface area contributed by atoms with Gasteiger partial charge in [-0.05, 0) is 42.8 Å². The van der Waals surface area contributed by atoms with Crippen LogP contribution < -0.4 is 10.3 Å². The molecule has 0 radical (unpaired) electrons. The number of thioether (sulfide) groups is 1. The van der Waals surface area contributed by atoms with Gasteiger partial charge < -0.3 is 4.74 Å². The second kappa shape index (κ2) is 12.2. The smallest absolute Gasteiger partial charge is 0.269 e. The van der Waals surface area contributed by atoms with E-state index in [2.05, 4.69) is 11.9 Å². The first-order chi connectivity index (χ1) is 17.4. The van der Waals surface area contributed by atoms with Crippen LogP contribution in [0.1, 0.15) is 51.0 Å². The molecule has 4 rings (SSSR count). The molecule has 6 nitrogen and oxygen atoms in total. The van der Waals surface area contributed by atoms with Gasteiger partial charge >= 0.3 is 0 Å². The van der Waals surface area contributed by atoms with Crippen LogP contribution >= 0.6 is 47.2 Å². The summed E-state index contributed by atoms with van der Waals surface area (Å²) in [5.41, 5.74) is 0.155. The fourth-order valence-electron chi connectivity index (χ4n) is 3.82. The lowest BCUT2D eigenvalue weighted by Crippen LogP contribution is -2.29. The Bertz CT molecular complexity index is 1390. The van der Waals surface area contributed by atoms with Gasteiger partial charge in [0.15, 0.2) is 0 Å². The third kappa shape index (κ3) is 6.11. The number of carbonyl (C=O) groups excluding carboxylic acids is 1. The molecule has 2 aromatic heterocycles. The number of nitrogens with zero attached hydrogens (tertiary/aromatic N) is 3. The molecule has 0 atom stereocenters. The molecule has 1 aliphatic heterocycles. The van der Waals surface area contributed by atoms with E-state index >= 15 is 0 Å². The Balaban J connectivity index is 1.64. The van der Waals surface area contributed by atoms with Gasteiger partial charge in [0.2, 0.25) is 5.88 Å². The first-order valence-electron chi connectivity index (χ1n) is 11.8. The van der Waals surface area contributed by atoms with Crippen LogP contribution in [0.25, 0.3) is 11.7 Å². The molecule has 0 N–H and O–H groups in total. The molecule has 1 aliphatic rings. The minimum atomic E-state index is -0.373. The van der Waals surface area contributed by atoms with Crippen LogP contribution in [-0.4, -0.2) is 31.1 Å². The molecule has 0 bridgehead atoms. The summed E-state index contributed by atoms with van der Waals surface area (Å²) in [6.45, 7) is 2.75. The number of fused-ring (bicyclic) bond motifs is 1. The van der Waals surface area contributed by atoms with Crippen molar-refractivity contribution >= 4 is 69.1 Å². The molecule has 0 aliphatic carbocycles. The molecule has 1 aromatic carbocycles. The zero-order valence-corrected chi connectivity index (χ0v) is 22.9. The van der Waals surface area contributed by atoms with E-state index in [0.29, 0.717) is 32.2 Å². The van der Waals surface area contributed by atoms with Crippen LogP contribution in [0.3, 0.4) is 0 Å². The van der Waals surface area contributed by atoms with E-state index in [0.717, 1.165) is 19.3 Å². The lowest BCUT2D eigenvalue weighted by Gasteiger charge is -2.14. The summed E-state index contributed by atoms with van der Waals surface area (Å²) in [5, 5.41) is 0.724. The van der Waals surface area contributed by atoms with E-state index in [-0.39, 0.29) is 27.9 Å². The molecular formula is C26H25Cl2N3O3S2. The number of rotatable bonds is 10. The summed E-state index contributed by atoms with van der Waals surface area (Å²) in [4.78, 5) is 33.1. The van der Waals surface area contributed by atoms with Crippen molar-refractivity contribution in [2.45, 2.75) is 45.4 Å². The molecule has 10 heteroatoms. The fourth-order valence-corrected chi connectivity index (χ4v) is 5.56. The van der Waals surface area contributed by atoms with Crippen molar-refractivity contribution in [1.82, 2.24) is 14.3 Å². The Hall–Kier alpha value is -2.39. The number of ether oxygens (including phenoxy) is 1. The average Bonchev–Trinajstić information content (AvgIpc) is 3.12. The molecule has 188 valence electrons. The lowest BCUT2D eigenvalue weighted by atomic mass is 10.1. The molecule has 36 heavy (non-hydrogen) atoms. The van der Waals surface area contributed by atoms with Gasteiger partial charge in [-0.25, -0.2) is 0 Å². The van der Waals surface area contributed by atoms with Crippen molar-refractivity contribution in [3.63, 3.8) is 0 Å². The van der Waals surface area contributed by atoms with Crippen LogP contribution in [0, 0.1) is 0 Å². The minimum Gasteiger partial charge on any atom is -0.437 e. The molecule has 1 fully saturated rings. The third-order valence-corrected chi connectivity index (χ3v) is 7.63. The van der Waals surface area contributed by atoms with Gasteiger partial charge in [-0.15, -0.1) is 0 Å². The van der Waals surface area contributed by atoms with Crippen molar-refractivity contribution in [1.29, 1.82) is 0 Å². The number of unbranched alkanes of at least 4 members (excludes halogenated alkanes) is 5. The van der Waals surface area contributed by atoms with E-state index < -0.39 is 0 Å². The number of pyridine rings is 1. The highest BCUT2D eigenvalue weighted by atomic mass is 35.5. The van der Waals surface area contributed by atoms with Gasteiger partial charge in [0.1, 0.15) is 21.3 Å². The van der Waals surface area contributed by atoms with Crippen LogP contribution in [-0.2, 0) is 4.79 Å². The Kier molecular flexibility index (Phi) is 9.06. The Labute approximate surface area is 229 Å². The maximum absolute atomic E-state index is 13.4. The molecule has 3 heterocycles. The van der Waals surface area contributed by atoms with Crippen molar-refractivity contribution in [2.75, 3.05) is 6.54 Å². The van der Waals surface area contributed by atoms with E-state index in [9.17, 15) is 9.59 Å². The van der Waals surface area contributed by atoms with Crippen molar-refractivity contribution in [3.8, 4) is 11.6 Å². The number of benzene rings is 1. The van der Waals surface area contributed by atoms with E-state index in [1.165, 1.54) is 41.5 Å². The zero-order valence-electron chi connectivity index (χ0n) is 19.7. The maximum Gasteiger partial charge on any atom is 0.269 e. The standard InChI is InChI=1S/C26H25Cl2N3O3S2/c1-2-3-4-5-6-8-14-31-25(33)21(36-26(31)35)16-18-23(34-20-12-11-17(27)15-19(20)28)29-22-10-7-9-13-30(22)24(18)32/h7,9-13,15-16H,2-6,8,14H2,1H3/b21-16+. The molecule has 0 unspecified atom stereocenters. The van der Waals surface area contributed by atoms with Gasteiger partial charge in [0, 0.05) is 17.8 Å². The number of aromatic nitrogens is 2. The SMILES string of the molecule is CCCCCCCCN1C(=O)/C(=C\c2c(Oc3ccc(Cl)cc3Cl)nc3ccccn3c2=O)SC1=S. The molecule has 0 spiro atoms. The molecule has 1 saturated heterocycles. The normalized spacial score (nSPS) is 14.9. The highest BCUT2D eigenvalue weighted by Gasteiger charge is 2.32. The van der Waals surface area contributed by atoms with Gasteiger partial charge in [0.25, 0.3) is 11.5 Å². The van der Waals surface area contributed by atoms with Crippen molar-refractivity contribution in [3.05, 3.63) is 73.5 Å². The summed E-state index contributed by atoms with van der Waals surface area (Å²) >= 11 is 18.9. The second-order valence-corrected chi connectivity index (χ2v) is 10.9. The molecule has 0 saturated carbocycles.